The zero-order valence-corrected chi connectivity index (χ0v) is 11.6. The molecule has 1 atom stereocenters. The number of carbonyl (C=O) groups excluding carboxylic acids is 1. The van der Waals surface area contributed by atoms with Crippen molar-refractivity contribution in [3.05, 3.63) is 29.6 Å². The van der Waals surface area contributed by atoms with Crippen molar-refractivity contribution >= 4 is 11.7 Å². The van der Waals surface area contributed by atoms with Crippen LogP contribution >= 0.6 is 0 Å². The zero-order chi connectivity index (χ0) is 14.3. The Bertz CT molecular complexity index is 421. The predicted octanol–water partition coefficient (Wildman–Crippen LogP) is 3.78. The first-order valence-electron chi connectivity index (χ1n) is 6.80. The van der Waals surface area contributed by atoms with Crippen LogP contribution < -0.4 is 5.73 Å². The molecule has 1 rings (SSSR count). The normalized spacial score (nSPS) is 12.2. The van der Waals surface area contributed by atoms with E-state index in [0.29, 0.717) is 18.2 Å². The number of hydrogen-bond donors (Lipinski definition) is 1. The van der Waals surface area contributed by atoms with Crippen molar-refractivity contribution in [2.75, 3.05) is 12.3 Å². The van der Waals surface area contributed by atoms with Gasteiger partial charge in [-0.2, -0.15) is 0 Å². The van der Waals surface area contributed by atoms with E-state index in [1.54, 1.807) is 0 Å². The van der Waals surface area contributed by atoms with Crippen molar-refractivity contribution in [2.45, 2.75) is 39.5 Å². The van der Waals surface area contributed by atoms with E-state index in [1.807, 2.05) is 0 Å². The van der Waals surface area contributed by atoms with E-state index in [-0.39, 0.29) is 5.56 Å². The highest BCUT2D eigenvalue weighted by atomic mass is 19.1. The summed E-state index contributed by atoms with van der Waals surface area (Å²) in [6, 6.07) is 3.99. The van der Waals surface area contributed by atoms with Gasteiger partial charge < -0.3 is 10.5 Å². The first kappa shape index (κ1) is 15.5. The first-order valence-corrected chi connectivity index (χ1v) is 6.80. The van der Waals surface area contributed by atoms with Crippen molar-refractivity contribution in [1.82, 2.24) is 0 Å². The van der Waals surface area contributed by atoms with Gasteiger partial charge in [-0.25, -0.2) is 9.18 Å². The van der Waals surface area contributed by atoms with Crippen LogP contribution in [0.3, 0.4) is 0 Å². The molecule has 0 saturated heterocycles. The molecule has 0 aliphatic carbocycles. The van der Waals surface area contributed by atoms with Crippen LogP contribution in [0.5, 0.6) is 0 Å². The van der Waals surface area contributed by atoms with Gasteiger partial charge in [-0.3, -0.25) is 0 Å². The number of nitrogens with two attached hydrogens (primary N) is 1. The van der Waals surface area contributed by atoms with Crippen LogP contribution in [0.25, 0.3) is 0 Å². The summed E-state index contributed by atoms with van der Waals surface area (Å²) in [6.07, 6.45) is 4.23. The Balaban J connectivity index is 2.54. The lowest BCUT2D eigenvalue weighted by atomic mass is 10.0. The van der Waals surface area contributed by atoms with E-state index >= 15 is 0 Å². The van der Waals surface area contributed by atoms with E-state index in [9.17, 15) is 9.18 Å². The summed E-state index contributed by atoms with van der Waals surface area (Å²) in [4.78, 5) is 11.8. The van der Waals surface area contributed by atoms with E-state index < -0.39 is 11.8 Å². The van der Waals surface area contributed by atoms with Crippen molar-refractivity contribution in [1.29, 1.82) is 0 Å². The quantitative estimate of drug-likeness (QED) is 0.604. The van der Waals surface area contributed by atoms with Gasteiger partial charge in [-0.1, -0.05) is 33.1 Å². The molecule has 0 bridgehead atoms. The minimum absolute atomic E-state index is 0.0560. The summed E-state index contributed by atoms with van der Waals surface area (Å²) in [5, 5.41) is 0. The number of hydrogen-bond acceptors (Lipinski definition) is 3. The number of halogens is 1. The molecule has 106 valence electrons. The Morgan fingerprint density at radius 3 is 2.74 bits per heavy atom. The van der Waals surface area contributed by atoms with Gasteiger partial charge in [-0.15, -0.1) is 0 Å². The molecule has 1 aromatic rings. The molecular formula is C15H22FNO2. The summed E-state index contributed by atoms with van der Waals surface area (Å²) in [6.45, 7) is 4.54. The highest BCUT2D eigenvalue weighted by Gasteiger charge is 2.15. The lowest BCUT2D eigenvalue weighted by molar-refractivity contribution is 0.0423. The summed E-state index contributed by atoms with van der Waals surface area (Å²) in [5.74, 6) is -0.903. The van der Waals surface area contributed by atoms with E-state index in [0.717, 1.165) is 31.7 Å². The van der Waals surface area contributed by atoms with Gasteiger partial charge in [0.15, 0.2) is 0 Å². The van der Waals surface area contributed by atoms with Gasteiger partial charge in [0.25, 0.3) is 0 Å². The second-order valence-electron chi connectivity index (χ2n) is 4.75. The molecular weight excluding hydrogens is 245 g/mol. The summed E-state index contributed by atoms with van der Waals surface area (Å²) < 4.78 is 18.7. The number of esters is 1. The number of nitrogen functional groups attached to an aromatic ring is 1. The predicted molar refractivity (Wildman–Crippen MR) is 74.4 cm³/mol. The molecule has 0 spiro atoms. The lowest BCUT2D eigenvalue weighted by Crippen LogP contribution is -2.15. The van der Waals surface area contributed by atoms with Gasteiger partial charge >= 0.3 is 5.97 Å². The van der Waals surface area contributed by atoms with Crippen LogP contribution in [0.4, 0.5) is 10.1 Å². The fraction of sp³-hybridized carbons (Fsp3) is 0.533. The smallest absolute Gasteiger partial charge is 0.341 e. The second-order valence-corrected chi connectivity index (χ2v) is 4.75. The van der Waals surface area contributed by atoms with Crippen LogP contribution in [-0.2, 0) is 4.74 Å². The zero-order valence-electron chi connectivity index (χ0n) is 11.6. The molecule has 0 aliphatic rings. The first-order chi connectivity index (χ1) is 9.08. The molecule has 0 amide bonds. The van der Waals surface area contributed by atoms with Crippen LogP contribution in [0.2, 0.25) is 0 Å². The highest BCUT2D eigenvalue weighted by Crippen LogP contribution is 2.16. The average Bonchev–Trinajstić information content (AvgIpc) is 2.38. The molecule has 2 N–H and O–H groups in total. The fourth-order valence-corrected chi connectivity index (χ4v) is 1.87. The van der Waals surface area contributed by atoms with Crippen LogP contribution in [0.1, 0.15) is 49.9 Å². The molecule has 19 heavy (non-hydrogen) atoms. The maximum Gasteiger partial charge on any atom is 0.341 e. The minimum atomic E-state index is -0.633. The molecule has 1 unspecified atom stereocenters. The van der Waals surface area contributed by atoms with Crippen molar-refractivity contribution in [2.24, 2.45) is 5.92 Å². The number of anilines is 1. The van der Waals surface area contributed by atoms with Gasteiger partial charge in [0.1, 0.15) is 5.82 Å². The molecule has 0 radical (unpaired) electrons. The maximum absolute atomic E-state index is 13.5. The van der Waals surface area contributed by atoms with Gasteiger partial charge in [0, 0.05) is 5.69 Å². The Labute approximate surface area is 113 Å². The van der Waals surface area contributed by atoms with E-state index in [4.69, 9.17) is 10.5 Å². The SMILES string of the molecule is CCCCC(CC)COC(=O)c1ccc(N)cc1F. The molecule has 0 aromatic heterocycles. The van der Waals surface area contributed by atoms with Crippen LogP contribution in [0.15, 0.2) is 18.2 Å². The monoisotopic (exact) mass is 267 g/mol. The van der Waals surface area contributed by atoms with Crippen LogP contribution in [-0.4, -0.2) is 12.6 Å². The highest BCUT2D eigenvalue weighted by molar-refractivity contribution is 5.90. The Kier molecular flexibility index (Phi) is 6.33. The Morgan fingerprint density at radius 1 is 1.42 bits per heavy atom. The molecule has 4 heteroatoms. The number of benzene rings is 1. The standard InChI is InChI=1S/C15H22FNO2/c1-3-5-6-11(4-2)10-19-15(18)13-8-7-12(17)9-14(13)16/h7-9,11H,3-6,10,17H2,1-2H3. The number of unbranched alkanes of at least 4 members (excludes halogenated alkanes) is 1. The van der Waals surface area contributed by atoms with Gasteiger partial charge in [-0.05, 0) is 30.5 Å². The van der Waals surface area contributed by atoms with E-state index in [2.05, 4.69) is 13.8 Å². The molecule has 0 heterocycles. The largest absolute Gasteiger partial charge is 0.462 e. The lowest BCUT2D eigenvalue weighted by Gasteiger charge is -2.14. The molecule has 0 saturated carbocycles. The number of carbonyl (C=O) groups is 1. The summed E-state index contributed by atoms with van der Waals surface area (Å²) >= 11 is 0. The second kappa shape index (κ2) is 7.77. The molecule has 0 aliphatic heterocycles. The Morgan fingerprint density at radius 2 is 2.16 bits per heavy atom. The summed E-state index contributed by atoms with van der Waals surface area (Å²) in [5.41, 5.74) is 5.67. The van der Waals surface area contributed by atoms with E-state index in [1.165, 1.54) is 12.1 Å². The fourth-order valence-electron chi connectivity index (χ4n) is 1.87. The minimum Gasteiger partial charge on any atom is -0.462 e. The molecule has 0 fully saturated rings. The maximum atomic E-state index is 13.5. The van der Waals surface area contributed by atoms with Gasteiger partial charge in [0.05, 0.1) is 12.2 Å². The third kappa shape index (κ3) is 4.89. The van der Waals surface area contributed by atoms with Gasteiger partial charge in [0.2, 0.25) is 0 Å². The number of ether oxygens (including phenoxy) is 1. The number of rotatable bonds is 7. The third-order valence-electron chi connectivity index (χ3n) is 3.21. The third-order valence-corrected chi connectivity index (χ3v) is 3.21. The summed E-state index contributed by atoms with van der Waals surface area (Å²) in [7, 11) is 0. The topological polar surface area (TPSA) is 52.3 Å². The molecule has 3 nitrogen and oxygen atoms in total. The van der Waals surface area contributed by atoms with Crippen LogP contribution in [0, 0.1) is 11.7 Å². The molecule has 1 aromatic carbocycles. The van der Waals surface area contributed by atoms with Crippen molar-refractivity contribution in [3.63, 3.8) is 0 Å². The van der Waals surface area contributed by atoms with Crippen molar-refractivity contribution in [3.8, 4) is 0 Å². The Hall–Kier alpha value is -1.58. The average molecular weight is 267 g/mol. The van der Waals surface area contributed by atoms with Crippen molar-refractivity contribution < 1.29 is 13.9 Å².